The molecule has 6 nitrogen and oxygen atoms in total. The fourth-order valence-electron chi connectivity index (χ4n) is 2.26. The van der Waals surface area contributed by atoms with E-state index < -0.39 is 0 Å². The highest BCUT2D eigenvalue weighted by atomic mass is 16.1. The number of nitrogens with one attached hydrogen (secondary N) is 2. The molecule has 0 aliphatic rings. The van der Waals surface area contributed by atoms with Crippen LogP contribution in [0.25, 0.3) is 11.0 Å². The zero-order chi connectivity index (χ0) is 15.0. The maximum atomic E-state index is 11.8. The van der Waals surface area contributed by atoms with Crippen LogP contribution in [0.4, 0.5) is 5.95 Å². The number of H-pyrrole nitrogens is 2. The van der Waals surface area contributed by atoms with Gasteiger partial charge in [-0.05, 0) is 18.6 Å². The number of nitrogens with two attached hydrogens (primary N) is 1. The lowest BCUT2D eigenvalue weighted by molar-refractivity contribution is 0.101. The first-order chi connectivity index (χ1) is 10.0. The summed E-state index contributed by atoms with van der Waals surface area (Å²) in [6.07, 6.45) is 0.619. The van der Waals surface area contributed by atoms with Gasteiger partial charge in [0.05, 0.1) is 5.39 Å². The van der Waals surface area contributed by atoms with Gasteiger partial charge in [0.2, 0.25) is 5.95 Å². The molecule has 0 aliphatic carbocycles. The zero-order valence-electron chi connectivity index (χ0n) is 11.4. The van der Waals surface area contributed by atoms with E-state index >= 15 is 0 Å². The molecular weight excluding hydrogens is 268 g/mol. The van der Waals surface area contributed by atoms with Gasteiger partial charge in [-0.1, -0.05) is 24.3 Å². The Kier molecular flexibility index (Phi) is 3.06. The number of aromatic amines is 2. The third-order valence-electron chi connectivity index (χ3n) is 3.33. The zero-order valence-corrected chi connectivity index (χ0v) is 11.4. The molecule has 0 unspecified atom stereocenters. The van der Waals surface area contributed by atoms with E-state index in [9.17, 15) is 9.59 Å². The predicted molar refractivity (Wildman–Crippen MR) is 80.4 cm³/mol. The number of carbonyl (C=O) groups is 1. The first-order valence-corrected chi connectivity index (χ1v) is 6.50. The molecule has 0 amide bonds. The van der Waals surface area contributed by atoms with Crippen molar-refractivity contribution in [2.45, 2.75) is 13.3 Å². The van der Waals surface area contributed by atoms with Crippen LogP contribution in [0.1, 0.15) is 28.5 Å². The average Bonchev–Trinajstić information content (AvgIpc) is 2.82. The van der Waals surface area contributed by atoms with Gasteiger partial charge in [-0.25, -0.2) is 0 Å². The topological polar surface area (TPSA) is 105 Å². The number of rotatable bonds is 3. The molecule has 0 bridgehead atoms. The molecule has 2 heterocycles. The van der Waals surface area contributed by atoms with Crippen LogP contribution in [0.15, 0.2) is 35.1 Å². The number of anilines is 1. The number of fused-ring (bicyclic) bond motifs is 1. The predicted octanol–water partition coefficient (Wildman–Crippen LogP) is 1.63. The van der Waals surface area contributed by atoms with Crippen LogP contribution in [-0.4, -0.2) is 20.7 Å². The number of nitrogens with zero attached hydrogens (tertiary/aromatic N) is 1. The number of aromatic nitrogens is 3. The van der Waals surface area contributed by atoms with Crippen LogP contribution in [0, 0.1) is 0 Å². The lowest BCUT2D eigenvalue weighted by Crippen LogP contribution is -2.09. The van der Waals surface area contributed by atoms with Gasteiger partial charge < -0.3 is 10.7 Å². The summed E-state index contributed by atoms with van der Waals surface area (Å²) in [7, 11) is 0. The molecule has 106 valence electrons. The average molecular weight is 282 g/mol. The minimum absolute atomic E-state index is 0.0402. The Labute approximate surface area is 120 Å². The van der Waals surface area contributed by atoms with Gasteiger partial charge in [0.25, 0.3) is 5.56 Å². The van der Waals surface area contributed by atoms with Gasteiger partial charge in [-0.3, -0.25) is 14.6 Å². The highest BCUT2D eigenvalue weighted by Gasteiger charge is 2.08. The summed E-state index contributed by atoms with van der Waals surface area (Å²) in [5.74, 6) is 0.130. The fourth-order valence-corrected chi connectivity index (χ4v) is 2.26. The molecule has 3 rings (SSSR count). The summed E-state index contributed by atoms with van der Waals surface area (Å²) >= 11 is 0. The van der Waals surface area contributed by atoms with Crippen LogP contribution < -0.4 is 11.3 Å². The molecule has 0 saturated carbocycles. The highest BCUT2D eigenvalue weighted by Crippen LogP contribution is 2.14. The van der Waals surface area contributed by atoms with Crippen molar-refractivity contribution < 1.29 is 4.79 Å². The van der Waals surface area contributed by atoms with Crippen molar-refractivity contribution in [1.82, 2.24) is 15.0 Å². The Bertz CT molecular complexity index is 875. The molecular formula is C15H14N4O2. The second kappa shape index (κ2) is 4.90. The molecule has 4 N–H and O–H groups in total. The molecule has 21 heavy (non-hydrogen) atoms. The van der Waals surface area contributed by atoms with Crippen LogP contribution in [0.2, 0.25) is 0 Å². The molecule has 0 fully saturated rings. The maximum absolute atomic E-state index is 11.8. The number of hydrogen-bond donors (Lipinski definition) is 3. The van der Waals surface area contributed by atoms with Crippen molar-refractivity contribution in [3.8, 4) is 0 Å². The number of Topliss-reactive ketones (excluding diaryl/α,β-unsaturated/α-hetero) is 1. The molecule has 6 heteroatoms. The Morgan fingerprint density at radius 1 is 1.24 bits per heavy atom. The lowest BCUT2D eigenvalue weighted by atomic mass is 10.1. The molecule has 0 atom stereocenters. The van der Waals surface area contributed by atoms with Gasteiger partial charge in [-0.15, -0.1) is 0 Å². The van der Waals surface area contributed by atoms with Gasteiger partial charge >= 0.3 is 0 Å². The SMILES string of the molecule is CC(=O)c1ccc(Cc2cc3c(=O)[nH]c(N)nc3[nH]2)cc1. The number of carbonyl (C=O) groups excluding carboxylic acids is 1. The number of nitrogen functional groups attached to an aromatic ring is 1. The third-order valence-corrected chi connectivity index (χ3v) is 3.33. The van der Waals surface area contributed by atoms with E-state index in [1.54, 1.807) is 18.2 Å². The van der Waals surface area contributed by atoms with Crippen LogP contribution in [0.5, 0.6) is 0 Å². The Balaban J connectivity index is 1.93. The normalized spacial score (nSPS) is 10.9. The molecule has 0 spiro atoms. The van der Waals surface area contributed by atoms with Crippen LogP contribution in [-0.2, 0) is 6.42 Å². The van der Waals surface area contributed by atoms with E-state index in [1.807, 2.05) is 12.1 Å². The second-order valence-corrected chi connectivity index (χ2v) is 4.94. The van der Waals surface area contributed by atoms with Gasteiger partial charge in [0, 0.05) is 17.7 Å². The molecule has 2 aromatic heterocycles. The smallest absolute Gasteiger partial charge is 0.261 e. The van der Waals surface area contributed by atoms with Crippen molar-refractivity contribution in [1.29, 1.82) is 0 Å². The summed E-state index contributed by atoms with van der Waals surface area (Å²) in [4.78, 5) is 32.6. The van der Waals surface area contributed by atoms with Crippen LogP contribution >= 0.6 is 0 Å². The summed E-state index contributed by atoms with van der Waals surface area (Å²) < 4.78 is 0. The first-order valence-electron chi connectivity index (χ1n) is 6.50. The Hall–Kier alpha value is -2.89. The van der Waals surface area contributed by atoms with Gasteiger partial charge in [-0.2, -0.15) is 4.98 Å². The number of ketones is 1. The van der Waals surface area contributed by atoms with Crippen LogP contribution in [0.3, 0.4) is 0 Å². The fraction of sp³-hybridized carbons (Fsp3) is 0.133. The van der Waals surface area contributed by atoms with E-state index in [0.29, 0.717) is 23.0 Å². The summed E-state index contributed by atoms with van der Waals surface area (Å²) in [5.41, 5.74) is 8.32. The minimum atomic E-state index is -0.257. The second-order valence-electron chi connectivity index (χ2n) is 4.94. The van der Waals surface area contributed by atoms with Crippen molar-refractivity contribution in [2.24, 2.45) is 0 Å². The van der Waals surface area contributed by atoms with E-state index in [4.69, 9.17) is 5.73 Å². The molecule has 0 aliphatic heterocycles. The first kappa shape index (κ1) is 13.1. The largest absolute Gasteiger partial charge is 0.369 e. The van der Waals surface area contributed by atoms with E-state index in [-0.39, 0.29) is 17.3 Å². The molecule has 1 aromatic carbocycles. The van der Waals surface area contributed by atoms with Gasteiger partial charge in [0.15, 0.2) is 5.78 Å². The third kappa shape index (κ3) is 2.55. The van der Waals surface area contributed by atoms with Crippen molar-refractivity contribution in [3.05, 3.63) is 57.5 Å². The maximum Gasteiger partial charge on any atom is 0.261 e. The summed E-state index contributed by atoms with van der Waals surface area (Å²) in [6.45, 7) is 1.54. The number of hydrogen-bond acceptors (Lipinski definition) is 4. The molecule has 0 saturated heterocycles. The standard InChI is InChI=1S/C15H14N4O2/c1-8(20)10-4-2-9(3-5-10)6-11-7-12-13(17-11)18-15(16)19-14(12)21/h2-5,7H,6H2,1H3,(H4,16,17,18,19,21). The number of benzene rings is 1. The van der Waals surface area contributed by atoms with Crippen molar-refractivity contribution in [3.63, 3.8) is 0 Å². The summed E-state index contributed by atoms with van der Waals surface area (Å²) in [5, 5.41) is 0.486. The van der Waals surface area contributed by atoms with E-state index in [2.05, 4.69) is 15.0 Å². The Morgan fingerprint density at radius 3 is 2.62 bits per heavy atom. The van der Waals surface area contributed by atoms with Crippen molar-refractivity contribution >= 4 is 22.8 Å². The van der Waals surface area contributed by atoms with Crippen molar-refractivity contribution in [2.75, 3.05) is 5.73 Å². The van der Waals surface area contributed by atoms with E-state index in [0.717, 1.165) is 11.3 Å². The monoisotopic (exact) mass is 282 g/mol. The minimum Gasteiger partial charge on any atom is -0.369 e. The highest BCUT2D eigenvalue weighted by molar-refractivity contribution is 5.94. The lowest BCUT2D eigenvalue weighted by Gasteiger charge is -2.00. The van der Waals surface area contributed by atoms with E-state index in [1.165, 1.54) is 6.92 Å². The quantitative estimate of drug-likeness (QED) is 0.635. The molecule has 3 aromatic rings. The molecule has 0 radical (unpaired) electrons. The summed E-state index contributed by atoms with van der Waals surface area (Å²) in [6, 6.07) is 9.15. The van der Waals surface area contributed by atoms with Gasteiger partial charge in [0.1, 0.15) is 5.65 Å². The Morgan fingerprint density at radius 2 is 1.95 bits per heavy atom.